The van der Waals surface area contributed by atoms with E-state index in [1.54, 1.807) is 57.1 Å². The van der Waals surface area contributed by atoms with Crippen LogP contribution < -0.4 is 5.32 Å². The molecule has 1 atom stereocenters. The number of benzene rings is 2. The summed E-state index contributed by atoms with van der Waals surface area (Å²) in [7, 11) is 1.94. The molecule has 3 rings (SSSR count). The smallest absolute Gasteiger partial charge is 0.329 e. The number of hydrogen-bond donors (Lipinski definition) is 1. The van der Waals surface area contributed by atoms with Gasteiger partial charge in [0, 0.05) is 30.9 Å². The molecule has 0 radical (unpaired) electrons. The van der Waals surface area contributed by atoms with E-state index in [1.165, 1.54) is 12.1 Å². The Kier molecular flexibility index (Phi) is 9.69. The first-order chi connectivity index (χ1) is 17.6. The quantitative estimate of drug-likeness (QED) is 0.347. The van der Waals surface area contributed by atoms with Crippen LogP contribution in [0.3, 0.4) is 0 Å². The van der Waals surface area contributed by atoms with Crippen molar-refractivity contribution in [2.45, 2.75) is 45.3 Å². The first-order valence-corrected chi connectivity index (χ1v) is 13.5. The SMILES string of the molecule is CSCC[C@H](NC(=O)c1ccc(/C=C/Cc2cncn2C)cc1-c1ccc(F)cc1)C(=O)OC(C)(C)C. The predicted molar refractivity (Wildman–Crippen MR) is 148 cm³/mol. The van der Waals surface area contributed by atoms with E-state index in [1.807, 2.05) is 48.4 Å². The summed E-state index contributed by atoms with van der Waals surface area (Å²) in [5.74, 6) is -0.520. The van der Waals surface area contributed by atoms with Gasteiger partial charge in [0.05, 0.1) is 6.33 Å². The van der Waals surface area contributed by atoms with Crippen molar-refractivity contribution < 1.29 is 18.7 Å². The summed E-state index contributed by atoms with van der Waals surface area (Å²) in [6.45, 7) is 5.39. The van der Waals surface area contributed by atoms with Crippen LogP contribution in [0, 0.1) is 5.82 Å². The second-order valence-corrected chi connectivity index (χ2v) is 10.7. The molecule has 0 saturated carbocycles. The lowest BCUT2D eigenvalue weighted by molar-refractivity contribution is -0.157. The minimum Gasteiger partial charge on any atom is -0.458 e. The number of halogens is 1. The topological polar surface area (TPSA) is 73.2 Å². The second kappa shape index (κ2) is 12.7. The van der Waals surface area contributed by atoms with Crippen LogP contribution in [0.4, 0.5) is 4.39 Å². The Bertz CT molecular complexity index is 1250. The summed E-state index contributed by atoms with van der Waals surface area (Å²) in [5.41, 5.74) is 3.04. The van der Waals surface area contributed by atoms with Crippen molar-refractivity contribution in [3.63, 3.8) is 0 Å². The van der Waals surface area contributed by atoms with E-state index in [0.717, 1.165) is 11.3 Å². The zero-order chi connectivity index (χ0) is 27.0. The maximum atomic E-state index is 13.6. The number of allylic oxidation sites excluding steroid dienone is 1. The third-order valence-corrected chi connectivity index (χ3v) is 6.25. The first-order valence-electron chi connectivity index (χ1n) is 12.1. The van der Waals surface area contributed by atoms with Crippen molar-refractivity contribution in [2.24, 2.45) is 7.05 Å². The van der Waals surface area contributed by atoms with Crippen molar-refractivity contribution in [3.8, 4) is 11.1 Å². The van der Waals surface area contributed by atoms with Gasteiger partial charge < -0.3 is 14.6 Å². The summed E-state index contributed by atoms with van der Waals surface area (Å²) >= 11 is 1.59. The number of rotatable bonds is 10. The highest BCUT2D eigenvalue weighted by Crippen LogP contribution is 2.27. The summed E-state index contributed by atoms with van der Waals surface area (Å²) in [5, 5.41) is 2.87. The van der Waals surface area contributed by atoms with E-state index in [-0.39, 0.29) is 11.7 Å². The predicted octanol–water partition coefficient (Wildman–Crippen LogP) is 5.68. The molecule has 0 aliphatic carbocycles. The Hall–Kier alpha value is -3.39. The average Bonchev–Trinajstić information content (AvgIpc) is 3.25. The number of nitrogens with zero attached hydrogens (tertiary/aromatic N) is 2. The van der Waals surface area contributed by atoms with Crippen molar-refractivity contribution in [2.75, 3.05) is 12.0 Å². The molecule has 2 aromatic carbocycles. The number of esters is 1. The molecule has 6 nitrogen and oxygen atoms in total. The molecule has 0 aliphatic heterocycles. The van der Waals surface area contributed by atoms with Gasteiger partial charge in [0.25, 0.3) is 5.91 Å². The number of aromatic nitrogens is 2. The molecule has 1 aromatic heterocycles. The molecule has 3 aromatic rings. The van der Waals surface area contributed by atoms with Gasteiger partial charge >= 0.3 is 5.97 Å². The number of hydrogen-bond acceptors (Lipinski definition) is 5. The van der Waals surface area contributed by atoms with E-state index in [0.29, 0.717) is 35.3 Å². The van der Waals surface area contributed by atoms with Gasteiger partial charge in [0.1, 0.15) is 17.5 Å². The molecule has 1 N–H and O–H groups in total. The molecule has 0 saturated heterocycles. The highest BCUT2D eigenvalue weighted by atomic mass is 32.2. The van der Waals surface area contributed by atoms with Gasteiger partial charge in [-0.3, -0.25) is 4.79 Å². The van der Waals surface area contributed by atoms with Crippen LogP contribution in [-0.4, -0.2) is 45.1 Å². The van der Waals surface area contributed by atoms with Crippen molar-refractivity contribution in [1.29, 1.82) is 0 Å². The van der Waals surface area contributed by atoms with Crippen molar-refractivity contribution >= 4 is 29.7 Å². The van der Waals surface area contributed by atoms with Crippen molar-refractivity contribution in [3.05, 3.63) is 83.7 Å². The zero-order valence-corrected chi connectivity index (χ0v) is 22.8. The average molecular weight is 524 g/mol. The molecule has 8 heteroatoms. The summed E-state index contributed by atoms with van der Waals surface area (Å²) in [6, 6.07) is 10.7. The minimum absolute atomic E-state index is 0.357. The Balaban J connectivity index is 1.90. The van der Waals surface area contributed by atoms with Crippen LogP contribution >= 0.6 is 11.8 Å². The zero-order valence-electron chi connectivity index (χ0n) is 22.0. The van der Waals surface area contributed by atoms with Gasteiger partial charge in [0.2, 0.25) is 0 Å². The van der Waals surface area contributed by atoms with Crippen LogP contribution in [0.15, 0.2) is 61.1 Å². The molecule has 1 heterocycles. The monoisotopic (exact) mass is 523 g/mol. The lowest BCUT2D eigenvalue weighted by atomic mass is 9.96. The number of carbonyl (C=O) groups excluding carboxylic acids is 2. The molecular weight excluding hydrogens is 489 g/mol. The van der Waals surface area contributed by atoms with E-state index < -0.39 is 17.6 Å². The molecule has 196 valence electrons. The minimum atomic E-state index is -0.779. The van der Waals surface area contributed by atoms with Crippen LogP contribution in [0.25, 0.3) is 17.2 Å². The van der Waals surface area contributed by atoms with Gasteiger partial charge in [-0.15, -0.1) is 0 Å². The van der Waals surface area contributed by atoms with Crippen molar-refractivity contribution in [1.82, 2.24) is 14.9 Å². The normalized spacial score (nSPS) is 12.5. The molecular formula is C29H34FN3O3S. The molecule has 0 aliphatic rings. The fourth-order valence-electron chi connectivity index (χ4n) is 3.72. The fourth-order valence-corrected chi connectivity index (χ4v) is 4.19. The summed E-state index contributed by atoms with van der Waals surface area (Å²) in [6.07, 6.45) is 10.7. The molecule has 0 fully saturated rings. The van der Waals surface area contributed by atoms with E-state index >= 15 is 0 Å². The molecule has 1 amide bonds. The van der Waals surface area contributed by atoms with Gasteiger partial charge in [-0.25, -0.2) is 14.2 Å². The van der Waals surface area contributed by atoms with Gasteiger partial charge in [-0.1, -0.05) is 30.4 Å². The number of imidazole rings is 1. The Morgan fingerprint density at radius 1 is 1.19 bits per heavy atom. The Labute approximate surface area is 222 Å². The summed E-state index contributed by atoms with van der Waals surface area (Å²) < 4.78 is 21.1. The lowest BCUT2D eigenvalue weighted by Gasteiger charge is -2.25. The largest absolute Gasteiger partial charge is 0.458 e. The van der Waals surface area contributed by atoms with Crippen LogP contribution in [-0.2, 0) is 23.0 Å². The standard InChI is InChI=1S/C29H34FN3O3S/c1-29(2,3)36-28(35)26(15-16-37-5)32-27(34)24-14-9-20(7-6-8-23-18-31-19-33(23)4)17-25(24)21-10-12-22(30)13-11-21/h6-7,9-14,17-19,26H,8,15-16H2,1-5H3,(H,32,34)/b7-6+/t26-/m0/s1. The maximum absolute atomic E-state index is 13.6. The molecule has 37 heavy (non-hydrogen) atoms. The second-order valence-electron chi connectivity index (χ2n) is 9.76. The van der Waals surface area contributed by atoms with E-state index in [4.69, 9.17) is 4.74 Å². The molecule has 0 unspecified atom stereocenters. The summed E-state index contributed by atoms with van der Waals surface area (Å²) in [4.78, 5) is 30.4. The van der Waals surface area contributed by atoms with Gasteiger partial charge in [-0.2, -0.15) is 11.8 Å². The molecule has 0 bridgehead atoms. The third kappa shape index (κ3) is 8.32. The lowest BCUT2D eigenvalue weighted by Crippen LogP contribution is -2.44. The number of aryl methyl sites for hydroxylation is 1. The van der Waals surface area contributed by atoms with E-state index in [2.05, 4.69) is 10.3 Å². The number of ether oxygens (including phenoxy) is 1. The maximum Gasteiger partial charge on any atom is 0.329 e. The van der Waals surface area contributed by atoms with Crippen LogP contribution in [0.5, 0.6) is 0 Å². The number of thioether (sulfide) groups is 1. The number of amides is 1. The number of carbonyl (C=O) groups is 2. The van der Waals surface area contributed by atoms with Gasteiger partial charge in [-0.05, 0) is 80.2 Å². The molecule has 0 spiro atoms. The van der Waals surface area contributed by atoms with Gasteiger partial charge in [0.15, 0.2) is 0 Å². The van der Waals surface area contributed by atoms with E-state index in [9.17, 15) is 14.0 Å². The highest BCUT2D eigenvalue weighted by molar-refractivity contribution is 7.98. The third-order valence-electron chi connectivity index (χ3n) is 5.60. The number of nitrogens with one attached hydrogen (secondary N) is 1. The van der Waals surface area contributed by atoms with Crippen LogP contribution in [0.1, 0.15) is 48.8 Å². The van der Waals surface area contributed by atoms with Crippen LogP contribution in [0.2, 0.25) is 0 Å². The fraction of sp³-hybridized carbons (Fsp3) is 0.345. The first kappa shape index (κ1) is 28.2. The Morgan fingerprint density at radius 3 is 2.54 bits per heavy atom. The highest BCUT2D eigenvalue weighted by Gasteiger charge is 2.27. The Morgan fingerprint density at radius 2 is 1.92 bits per heavy atom.